The minimum atomic E-state index is -0.306. The Labute approximate surface area is 95.2 Å². The second-order valence-electron chi connectivity index (χ2n) is 4.36. The van der Waals surface area contributed by atoms with Gasteiger partial charge < -0.3 is 0 Å². The smallest absolute Gasteiger partial charge is 0.225 e. The Morgan fingerprint density at radius 2 is 2.13 bits per heavy atom. The molecule has 1 aliphatic rings. The van der Waals surface area contributed by atoms with Crippen LogP contribution < -0.4 is 0 Å². The Balaban J connectivity index is 2.86. The van der Waals surface area contributed by atoms with Crippen molar-refractivity contribution in [2.24, 2.45) is 17.3 Å². The summed E-state index contributed by atoms with van der Waals surface area (Å²) >= 11 is 5.49. The minimum Gasteiger partial charge on any atom is -0.281 e. The van der Waals surface area contributed by atoms with Crippen molar-refractivity contribution in [3.05, 3.63) is 23.8 Å². The highest BCUT2D eigenvalue weighted by Crippen LogP contribution is 2.60. The van der Waals surface area contributed by atoms with Crippen molar-refractivity contribution < 1.29 is 4.79 Å². The first-order chi connectivity index (χ1) is 6.95. The van der Waals surface area contributed by atoms with Crippen LogP contribution in [0.3, 0.4) is 0 Å². The molecule has 15 heavy (non-hydrogen) atoms. The third-order valence-corrected chi connectivity index (χ3v) is 3.22. The molecule has 0 spiro atoms. The lowest BCUT2D eigenvalue weighted by atomic mass is 10.1. The molecule has 0 aromatic heterocycles. The SMILES string of the molecule is C/C=C/C(C#N)=C/C1[C@@H](C(=O)Cl)C1(C)C. The van der Waals surface area contributed by atoms with E-state index in [0.717, 1.165) is 0 Å². The number of halogens is 1. The third-order valence-electron chi connectivity index (χ3n) is 2.99. The summed E-state index contributed by atoms with van der Waals surface area (Å²) in [5, 5.41) is 8.53. The number of allylic oxidation sites excluding steroid dienone is 4. The predicted molar refractivity (Wildman–Crippen MR) is 60.1 cm³/mol. The van der Waals surface area contributed by atoms with Crippen molar-refractivity contribution in [3.63, 3.8) is 0 Å². The van der Waals surface area contributed by atoms with Crippen LogP contribution in [0.5, 0.6) is 0 Å². The maximum atomic E-state index is 11.1. The van der Waals surface area contributed by atoms with Gasteiger partial charge in [-0.25, -0.2) is 0 Å². The molecule has 0 aliphatic heterocycles. The molecule has 0 heterocycles. The van der Waals surface area contributed by atoms with Gasteiger partial charge in [-0.2, -0.15) is 5.26 Å². The zero-order chi connectivity index (χ0) is 11.6. The first-order valence-electron chi connectivity index (χ1n) is 4.89. The van der Waals surface area contributed by atoms with Crippen LogP contribution in [0.15, 0.2) is 23.8 Å². The van der Waals surface area contributed by atoms with Crippen LogP contribution in [0.1, 0.15) is 20.8 Å². The lowest BCUT2D eigenvalue weighted by Gasteiger charge is -1.96. The lowest BCUT2D eigenvalue weighted by molar-refractivity contribution is -0.113. The van der Waals surface area contributed by atoms with Gasteiger partial charge in [-0.3, -0.25) is 4.79 Å². The first kappa shape index (κ1) is 12.0. The van der Waals surface area contributed by atoms with Gasteiger partial charge in [0.25, 0.3) is 0 Å². The van der Waals surface area contributed by atoms with Crippen LogP contribution in [0.25, 0.3) is 0 Å². The number of hydrogen-bond donors (Lipinski definition) is 0. The normalized spacial score (nSPS) is 28.9. The number of carbonyl (C=O) groups excluding carboxylic acids is 1. The van der Waals surface area contributed by atoms with Gasteiger partial charge >= 0.3 is 0 Å². The van der Waals surface area contributed by atoms with E-state index in [-0.39, 0.29) is 22.5 Å². The highest BCUT2D eigenvalue weighted by molar-refractivity contribution is 6.64. The number of hydrogen-bond acceptors (Lipinski definition) is 2. The Hall–Kier alpha value is -1.07. The fourth-order valence-electron chi connectivity index (χ4n) is 1.93. The molecule has 0 bridgehead atoms. The molecule has 0 radical (unpaired) electrons. The molecule has 80 valence electrons. The second kappa shape index (κ2) is 4.20. The van der Waals surface area contributed by atoms with Crippen molar-refractivity contribution in [2.45, 2.75) is 20.8 Å². The summed E-state index contributed by atoms with van der Waals surface area (Å²) in [5.41, 5.74) is 0.485. The van der Waals surface area contributed by atoms with Crippen molar-refractivity contribution in [2.75, 3.05) is 0 Å². The van der Waals surface area contributed by atoms with E-state index in [4.69, 9.17) is 16.9 Å². The average molecular weight is 224 g/mol. The van der Waals surface area contributed by atoms with E-state index in [1.807, 2.05) is 32.9 Å². The molecule has 1 aliphatic carbocycles. The molecule has 0 N–H and O–H groups in total. The second-order valence-corrected chi connectivity index (χ2v) is 4.74. The zero-order valence-electron chi connectivity index (χ0n) is 9.12. The number of nitrogens with zero attached hydrogens (tertiary/aromatic N) is 1. The van der Waals surface area contributed by atoms with Crippen LogP contribution in [0.4, 0.5) is 0 Å². The summed E-state index contributed by atoms with van der Waals surface area (Å²) in [4.78, 5) is 11.1. The van der Waals surface area contributed by atoms with Gasteiger partial charge in [0, 0.05) is 11.5 Å². The number of carbonyl (C=O) groups is 1. The summed E-state index contributed by atoms with van der Waals surface area (Å²) in [6.45, 7) is 5.83. The van der Waals surface area contributed by atoms with Gasteiger partial charge in [0.2, 0.25) is 5.24 Å². The van der Waals surface area contributed by atoms with E-state index in [1.54, 1.807) is 6.08 Å². The van der Waals surface area contributed by atoms with Crippen molar-refractivity contribution >= 4 is 16.8 Å². The van der Waals surface area contributed by atoms with Gasteiger partial charge in [0.1, 0.15) is 0 Å². The fraction of sp³-hybridized carbons (Fsp3) is 0.500. The summed E-state index contributed by atoms with van der Waals surface area (Å²) in [7, 11) is 0. The van der Waals surface area contributed by atoms with Crippen LogP contribution in [0.2, 0.25) is 0 Å². The topological polar surface area (TPSA) is 40.9 Å². The average Bonchev–Trinajstić information content (AvgIpc) is 2.67. The molecular formula is C12H14ClNO. The van der Waals surface area contributed by atoms with Crippen LogP contribution in [-0.4, -0.2) is 5.24 Å². The summed E-state index contributed by atoms with van der Waals surface area (Å²) < 4.78 is 0. The molecule has 0 amide bonds. The lowest BCUT2D eigenvalue weighted by Crippen LogP contribution is -1.96. The third kappa shape index (κ3) is 2.30. The van der Waals surface area contributed by atoms with E-state index < -0.39 is 0 Å². The number of rotatable bonds is 3. The van der Waals surface area contributed by atoms with E-state index in [1.165, 1.54) is 0 Å². The van der Waals surface area contributed by atoms with E-state index in [0.29, 0.717) is 5.57 Å². The van der Waals surface area contributed by atoms with Crippen molar-refractivity contribution in [1.29, 1.82) is 5.26 Å². The molecule has 1 rings (SSSR count). The Morgan fingerprint density at radius 3 is 2.47 bits per heavy atom. The molecular weight excluding hydrogens is 210 g/mol. The fourth-order valence-corrected chi connectivity index (χ4v) is 2.34. The Morgan fingerprint density at radius 1 is 1.53 bits per heavy atom. The predicted octanol–water partition coefficient (Wildman–Crippen LogP) is 3.05. The standard InChI is InChI=1S/C12H14ClNO/c1-4-5-8(7-14)6-9-10(11(13)15)12(9,2)3/h4-6,9-10H,1-3H3/b5-4+,8-6-/t9?,10-/m0/s1. The summed E-state index contributed by atoms with van der Waals surface area (Å²) in [5.74, 6) is -0.0545. The molecule has 1 saturated carbocycles. The molecule has 2 nitrogen and oxygen atoms in total. The maximum Gasteiger partial charge on any atom is 0.225 e. The van der Waals surface area contributed by atoms with Gasteiger partial charge in [0.15, 0.2) is 0 Å². The Kier molecular flexibility index (Phi) is 3.36. The highest BCUT2D eigenvalue weighted by atomic mass is 35.5. The molecule has 0 aromatic carbocycles. The first-order valence-corrected chi connectivity index (χ1v) is 5.27. The molecule has 3 heteroatoms. The highest BCUT2D eigenvalue weighted by Gasteiger charge is 2.59. The Bertz CT molecular complexity index is 374. The molecule has 1 fully saturated rings. The molecule has 1 unspecified atom stereocenters. The molecule has 2 atom stereocenters. The van der Waals surface area contributed by atoms with E-state index in [9.17, 15) is 4.79 Å². The quantitative estimate of drug-likeness (QED) is 0.419. The van der Waals surface area contributed by atoms with Crippen LogP contribution in [0, 0.1) is 28.6 Å². The maximum absolute atomic E-state index is 11.1. The van der Waals surface area contributed by atoms with Gasteiger partial charge in [-0.05, 0) is 35.9 Å². The van der Waals surface area contributed by atoms with E-state index >= 15 is 0 Å². The monoisotopic (exact) mass is 223 g/mol. The largest absolute Gasteiger partial charge is 0.281 e. The van der Waals surface area contributed by atoms with Gasteiger partial charge in [-0.15, -0.1) is 0 Å². The number of nitriles is 1. The van der Waals surface area contributed by atoms with Gasteiger partial charge in [-0.1, -0.05) is 26.0 Å². The van der Waals surface area contributed by atoms with Gasteiger partial charge in [0.05, 0.1) is 6.07 Å². The zero-order valence-corrected chi connectivity index (χ0v) is 9.88. The van der Waals surface area contributed by atoms with Crippen LogP contribution >= 0.6 is 11.6 Å². The molecule has 0 saturated heterocycles. The summed E-state index contributed by atoms with van der Waals surface area (Å²) in [6.07, 6.45) is 5.39. The van der Waals surface area contributed by atoms with Crippen molar-refractivity contribution in [1.82, 2.24) is 0 Å². The van der Waals surface area contributed by atoms with Crippen LogP contribution in [-0.2, 0) is 4.79 Å². The van der Waals surface area contributed by atoms with E-state index in [2.05, 4.69) is 6.07 Å². The minimum absolute atomic E-state index is 0.0911. The van der Waals surface area contributed by atoms with Crippen molar-refractivity contribution in [3.8, 4) is 6.07 Å². The molecule has 0 aromatic rings. The summed E-state index contributed by atoms with van der Waals surface area (Å²) in [6, 6.07) is 2.09.